The lowest BCUT2D eigenvalue weighted by Crippen LogP contribution is -2.26. The molecule has 1 aliphatic heterocycles. The molecule has 2 rings (SSSR count). The zero-order chi connectivity index (χ0) is 9.26. The Morgan fingerprint density at radius 2 is 2.54 bits per heavy atom. The minimum atomic E-state index is 0.545. The molecule has 0 saturated carbocycles. The van der Waals surface area contributed by atoms with Gasteiger partial charge in [-0.1, -0.05) is 0 Å². The lowest BCUT2D eigenvalue weighted by molar-refractivity contribution is 0.278. The number of likely N-dealkylation sites (N-methyl/N-ethyl adjacent to an activating group) is 1. The number of halogens is 1. The van der Waals surface area contributed by atoms with Crippen LogP contribution in [0, 0.1) is 0 Å². The van der Waals surface area contributed by atoms with Crippen molar-refractivity contribution < 1.29 is 4.52 Å². The predicted octanol–water partition coefficient (Wildman–Crippen LogP) is 1.47. The maximum Gasteiger partial charge on any atom is 0.238 e. The molecule has 1 aliphatic rings. The first-order valence-electron chi connectivity index (χ1n) is 4.44. The molecular weight excluding hydrogens is 234 g/mol. The van der Waals surface area contributed by atoms with E-state index in [1.807, 2.05) is 0 Å². The Morgan fingerprint density at radius 1 is 1.69 bits per heavy atom. The molecular formula is C8H12BrN3O. The van der Waals surface area contributed by atoms with Gasteiger partial charge in [0.05, 0.1) is 0 Å². The van der Waals surface area contributed by atoms with E-state index in [0.717, 1.165) is 12.3 Å². The molecule has 2 heterocycles. The molecule has 1 saturated heterocycles. The summed E-state index contributed by atoms with van der Waals surface area (Å²) in [4.78, 5) is 6.47. The Kier molecular flexibility index (Phi) is 2.64. The normalized spacial score (nSPS) is 24.0. The predicted molar refractivity (Wildman–Crippen MR) is 51.4 cm³/mol. The van der Waals surface area contributed by atoms with Gasteiger partial charge in [0.2, 0.25) is 10.6 Å². The van der Waals surface area contributed by atoms with Gasteiger partial charge in [-0.2, -0.15) is 4.98 Å². The van der Waals surface area contributed by atoms with Crippen molar-refractivity contribution in [1.29, 1.82) is 0 Å². The average Bonchev–Trinajstić information content (AvgIpc) is 2.64. The van der Waals surface area contributed by atoms with Crippen LogP contribution in [0.15, 0.2) is 9.26 Å². The molecule has 0 amide bonds. The van der Waals surface area contributed by atoms with Crippen molar-refractivity contribution in [1.82, 2.24) is 15.0 Å². The molecule has 72 valence electrons. The second-order valence-electron chi connectivity index (χ2n) is 3.44. The molecule has 0 bridgehead atoms. The Bertz CT molecular complexity index is 289. The second-order valence-corrected chi connectivity index (χ2v) is 4.15. The summed E-state index contributed by atoms with van der Waals surface area (Å²) in [6.07, 6.45) is 3.38. The largest absolute Gasteiger partial charge is 0.338 e. The Morgan fingerprint density at radius 3 is 3.08 bits per heavy atom. The standard InChI is InChI=1S/C8H12BrN3O/c1-12-4-2-3-6(12)5-7-10-8(9)11-13-7/h6H,2-5H2,1H3. The van der Waals surface area contributed by atoms with Gasteiger partial charge < -0.3 is 9.42 Å². The topological polar surface area (TPSA) is 42.2 Å². The van der Waals surface area contributed by atoms with E-state index in [0.29, 0.717) is 10.8 Å². The van der Waals surface area contributed by atoms with Gasteiger partial charge in [0.1, 0.15) is 0 Å². The van der Waals surface area contributed by atoms with Crippen molar-refractivity contribution in [3.63, 3.8) is 0 Å². The number of hydrogen-bond donors (Lipinski definition) is 0. The van der Waals surface area contributed by atoms with Gasteiger partial charge in [0, 0.05) is 12.5 Å². The van der Waals surface area contributed by atoms with E-state index >= 15 is 0 Å². The maximum atomic E-state index is 5.04. The lowest BCUT2D eigenvalue weighted by atomic mass is 10.1. The summed E-state index contributed by atoms with van der Waals surface area (Å²) in [5.74, 6) is 0.727. The molecule has 0 N–H and O–H groups in total. The molecule has 0 aliphatic carbocycles. The van der Waals surface area contributed by atoms with Crippen LogP contribution in [0.1, 0.15) is 18.7 Å². The van der Waals surface area contributed by atoms with Crippen LogP contribution in [0.2, 0.25) is 0 Å². The summed E-state index contributed by atoms with van der Waals surface area (Å²) >= 11 is 3.17. The highest BCUT2D eigenvalue weighted by molar-refractivity contribution is 9.10. The fourth-order valence-electron chi connectivity index (χ4n) is 1.76. The van der Waals surface area contributed by atoms with Crippen molar-refractivity contribution in [2.45, 2.75) is 25.3 Å². The minimum absolute atomic E-state index is 0.545. The molecule has 13 heavy (non-hydrogen) atoms. The summed E-state index contributed by atoms with van der Waals surface area (Å²) in [6.45, 7) is 1.18. The number of likely N-dealkylation sites (tertiary alicyclic amines) is 1. The Labute approximate surface area is 85.4 Å². The maximum absolute atomic E-state index is 5.04. The molecule has 1 unspecified atom stereocenters. The molecule has 0 spiro atoms. The van der Waals surface area contributed by atoms with Gasteiger partial charge in [-0.05, 0) is 47.5 Å². The average molecular weight is 246 g/mol. The van der Waals surface area contributed by atoms with Gasteiger partial charge in [-0.15, -0.1) is 0 Å². The van der Waals surface area contributed by atoms with E-state index in [-0.39, 0.29) is 0 Å². The Hall–Kier alpha value is -0.420. The highest BCUT2D eigenvalue weighted by Gasteiger charge is 2.23. The van der Waals surface area contributed by atoms with Crippen LogP contribution in [-0.2, 0) is 6.42 Å². The summed E-state index contributed by atoms with van der Waals surface area (Å²) in [7, 11) is 2.14. The van der Waals surface area contributed by atoms with E-state index < -0.39 is 0 Å². The smallest absolute Gasteiger partial charge is 0.238 e. The molecule has 5 heteroatoms. The molecule has 1 fully saturated rings. The molecule has 0 radical (unpaired) electrons. The van der Waals surface area contributed by atoms with E-state index in [1.165, 1.54) is 19.4 Å². The van der Waals surface area contributed by atoms with Crippen LogP contribution in [0.4, 0.5) is 0 Å². The molecule has 1 aromatic rings. The number of nitrogens with zero attached hydrogens (tertiary/aromatic N) is 3. The van der Waals surface area contributed by atoms with Crippen molar-refractivity contribution in [2.75, 3.05) is 13.6 Å². The van der Waals surface area contributed by atoms with Gasteiger partial charge in [0.15, 0.2) is 0 Å². The highest BCUT2D eigenvalue weighted by atomic mass is 79.9. The summed E-state index contributed by atoms with van der Waals surface area (Å²) in [6, 6.07) is 0.576. The molecule has 1 atom stereocenters. The zero-order valence-corrected chi connectivity index (χ0v) is 9.12. The van der Waals surface area contributed by atoms with Crippen LogP contribution in [0.3, 0.4) is 0 Å². The third-order valence-electron chi connectivity index (χ3n) is 2.53. The summed E-state index contributed by atoms with van der Waals surface area (Å²) < 4.78 is 5.58. The van der Waals surface area contributed by atoms with Crippen molar-refractivity contribution in [3.8, 4) is 0 Å². The monoisotopic (exact) mass is 245 g/mol. The molecule has 1 aromatic heterocycles. The Balaban J connectivity index is 1.97. The molecule has 4 nitrogen and oxygen atoms in total. The number of hydrogen-bond acceptors (Lipinski definition) is 4. The second kappa shape index (κ2) is 3.75. The first-order chi connectivity index (χ1) is 6.25. The van der Waals surface area contributed by atoms with E-state index in [4.69, 9.17) is 4.52 Å². The quantitative estimate of drug-likeness (QED) is 0.792. The van der Waals surface area contributed by atoms with Gasteiger partial charge in [0.25, 0.3) is 0 Å². The first-order valence-corrected chi connectivity index (χ1v) is 5.23. The van der Waals surface area contributed by atoms with Crippen molar-refractivity contribution in [3.05, 3.63) is 10.6 Å². The minimum Gasteiger partial charge on any atom is -0.338 e. The van der Waals surface area contributed by atoms with Gasteiger partial charge >= 0.3 is 0 Å². The van der Waals surface area contributed by atoms with Crippen LogP contribution >= 0.6 is 15.9 Å². The van der Waals surface area contributed by atoms with Gasteiger partial charge in [-0.25, -0.2) is 0 Å². The lowest BCUT2D eigenvalue weighted by Gasteiger charge is -2.16. The van der Waals surface area contributed by atoms with E-state index in [2.05, 4.69) is 38.0 Å². The zero-order valence-electron chi connectivity index (χ0n) is 7.53. The van der Waals surface area contributed by atoms with Crippen LogP contribution in [0.5, 0.6) is 0 Å². The van der Waals surface area contributed by atoms with Gasteiger partial charge in [-0.3, -0.25) is 0 Å². The highest BCUT2D eigenvalue weighted by Crippen LogP contribution is 2.18. The summed E-state index contributed by atoms with van der Waals surface area (Å²) in [5, 5.41) is 3.70. The van der Waals surface area contributed by atoms with Crippen molar-refractivity contribution >= 4 is 15.9 Å². The van der Waals surface area contributed by atoms with Crippen LogP contribution in [0.25, 0.3) is 0 Å². The first kappa shape index (κ1) is 9.15. The molecule has 0 aromatic carbocycles. The third kappa shape index (κ3) is 2.08. The summed E-state index contributed by atoms with van der Waals surface area (Å²) in [5.41, 5.74) is 0. The SMILES string of the molecule is CN1CCCC1Cc1nc(Br)no1. The van der Waals surface area contributed by atoms with Crippen LogP contribution < -0.4 is 0 Å². The fourth-order valence-corrected chi connectivity index (χ4v) is 2.03. The van der Waals surface area contributed by atoms with Crippen LogP contribution in [-0.4, -0.2) is 34.7 Å². The number of aromatic nitrogens is 2. The van der Waals surface area contributed by atoms with Crippen molar-refractivity contribution in [2.24, 2.45) is 0 Å². The van der Waals surface area contributed by atoms with E-state index in [1.54, 1.807) is 0 Å². The fraction of sp³-hybridized carbons (Fsp3) is 0.750. The third-order valence-corrected chi connectivity index (χ3v) is 2.85. The number of rotatable bonds is 2. The van der Waals surface area contributed by atoms with E-state index in [9.17, 15) is 0 Å².